The first-order chi connectivity index (χ1) is 11.8. The molecule has 1 heterocycles. The van der Waals surface area contributed by atoms with Gasteiger partial charge in [-0.3, -0.25) is 4.79 Å². The van der Waals surface area contributed by atoms with Crippen LogP contribution < -0.4 is 10.5 Å². The number of rotatable bonds is 4. The maximum Gasteiger partial charge on any atom is 0.262 e. The standard InChI is InChI=1S/C18H18N2O3S2/c1-11-15-8-3-4-9-16(15)24-17(11)18(21)20-12(2)13-6-5-7-14(10-13)25(19,22)23/h3-10,12H,1-2H3,(H,20,21)(H2,19,22,23)/t12-/m0/s1. The number of aryl methyl sites for hydroxylation is 1. The number of carbonyl (C=O) groups excluding carboxylic acids is 1. The van der Waals surface area contributed by atoms with E-state index in [-0.39, 0.29) is 16.8 Å². The minimum atomic E-state index is -3.77. The Morgan fingerprint density at radius 3 is 2.56 bits per heavy atom. The SMILES string of the molecule is Cc1c(C(=O)N[C@@H](C)c2cccc(S(N)(=O)=O)c2)sc2ccccc12. The predicted octanol–water partition coefficient (Wildman–Crippen LogP) is 3.35. The van der Waals surface area contributed by atoms with E-state index in [9.17, 15) is 13.2 Å². The smallest absolute Gasteiger partial charge is 0.262 e. The van der Waals surface area contributed by atoms with Gasteiger partial charge in [-0.25, -0.2) is 13.6 Å². The zero-order valence-corrected chi connectivity index (χ0v) is 15.4. The molecule has 3 aromatic rings. The van der Waals surface area contributed by atoms with Crippen molar-refractivity contribution in [1.29, 1.82) is 0 Å². The molecule has 0 saturated heterocycles. The Bertz CT molecular complexity index is 1060. The van der Waals surface area contributed by atoms with Gasteiger partial charge in [-0.2, -0.15) is 0 Å². The third kappa shape index (κ3) is 3.58. The third-order valence-electron chi connectivity index (χ3n) is 4.08. The number of primary sulfonamides is 1. The molecule has 0 aliphatic carbocycles. The highest BCUT2D eigenvalue weighted by Gasteiger charge is 2.18. The van der Waals surface area contributed by atoms with Gasteiger partial charge in [0, 0.05) is 4.70 Å². The van der Waals surface area contributed by atoms with Crippen molar-refractivity contribution in [3.05, 3.63) is 64.5 Å². The lowest BCUT2D eigenvalue weighted by atomic mass is 10.1. The Balaban J connectivity index is 1.86. The van der Waals surface area contributed by atoms with Gasteiger partial charge < -0.3 is 5.32 Å². The molecule has 0 saturated carbocycles. The van der Waals surface area contributed by atoms with Gasteiger partial charge in [0.25, 0.3) is 5.91 Å². The van der Waals surface area contributed by atoms with E-state index in [4.69, 9.17) is 5.14 Å². The van der Waals surface area contributed by atoms with Gasteiger partial charge in [-0.15, -0.1) is 11.3 Å². The lowest BCUT2D eigenvalue weighted by molar-refractivity contribution is 0.0943. The second-order valence-corrected chi connectivity index (χ2v) is 8.48. The van der Waals surface area contributed by atoms with Crippen LogP contribution in [-0.2, 0) is 10.0 Å². The number of hydrogen-bond donors (Lipinski definition) is 2. The summed E-state index contributed by atoms with van der Waals surface area (Å²) in [6.07, 6.45) is 0. The molecular formula is C18H18N2O3S2. The minimum absolute atomic E-state index is 0.0316. The number of fused-ring (bicyclic) bond motifs is 1. The summed E-state index contributed by atoms with van der Waals surface area (Å²) in [5.41, 5.74) is 1.63. The van der Waals surface area contributed by atoms with E-state index in [1.54, 1.807) is 12.1 Å². The fourth-order valence-corrected chi connectivity index (χ4v) is 4.38. The van der Waals surface area contributed by atoms with Crippen LogP contribution in [0.3, 0.4) is 0 Å². The maximum atomic E-state index is 12.7. The van der Waals surface area contributed by atoms with Gasteiger partial charge in [0.2, 0.25) is 10.0 Å². The summed E-state index contributed by atoms with van der Waals surface area (Å²) in [6.45, 7) is 3.74. The number of thiophene rings is 1. The fraction of sp³-hybridized carbons (Fsp3) is 0.167. The first kappa shape index (κ1) is 17.6. The molecule has 0 aliphatic heterocycles. The van der Waals surface area contributed by atoms with Gasteiger partial charge >= 0.3 is 0 Å². The van der Waals surface area contributed by atoms with Crippen molar-refractivity contribution >= 4 is 37.4 Å². The second-order valence-electron chi connectivity index (χ2n) is 5.86. The van der Waals surface area contributed by atoms with E-state index >= 15 is 0 Å². The molecule has 0 bridgehead atoms. The molecule has 5 nitrogen and oxygen atoms in total. The zero-order chi connectivity index (χ0) is 18.2. The number of carbonyl (C=O) groups is 1. The van der Waals surface area contributed by atoms with E-state index in [0.717, 1.165) is 15.6 Å². The molecular weight excluding hydrogens is 356 g/mol. The Hall–Kier alpha value is -2.22. The summed E-state index contributed by atoms with van der Waals surface area (Å²) in [4.78, 5) is 13.4. The van der Waals surface area contributed by atoms with Crippen molar-refractivity contribution < 1.29 is 13.2 Å². The molecule has 130 valence electrons. The monoisotopic (exact) mass is 374 g/mol. The molecule has 25 heavy (non-hydrogen) atoms. The fourth-order valence-electron chi connectivity index (χ4n) is 2.70. The van der Waals surface area contributed by atoms with Crippen LogP contribution in [0.25, 0.3) is 10.1 Å². The third-order valence-corrected chi connectivity index (χ3v) is 6.27. The highest BCUT2D eigenvalue weighted by Crippen LogP contribution is 2.31. The van der Waals surface area contributed by atoms with E-state index in [1.807, 2.05) is 38.1 Å². The number of sulfonamides is 1. The average molecular weight is 374 g/mol. The predicted molar refractivity (Wildman–Crippen MR) is 100 cm³/mol. The number of hydrogen-bond acceptors (Lipinski definition) is 4. The molecule has 0 fully saturated rings. The van der Waals surface area contributed by atoms with Crippen LogP contribution in [-0.4, -0.2) is 14.3 Å². The van der Waals surface area contributed by atoms with Crippen molar-refractivity contribution in [3.8, 4) is 0 Å². The Morgan fingerprint density at radius 2 is 1.88 bits per heavy atom. The molecule has 3 N–H and O–H groups in total. The van der Waals surface area contributed by atoms with Gasteiger partial charge in [0.1, 0.15) is 0 Å². The van der Waals surface area contributed by atoms with Gasteiger partial charge in [0.15, 0.2) is 0 Å². The lowest BCUT2D eigenvalue weighted by Gasteiger charge is -2.15. The molecule has 3 rings (SSSR count). The number of benzene rings is 2. The van der Waals surface area contributed by atoms with Crippen LogP contribution in [0.5, 0.6) is 0 Å². The highest BCUT2D eigenvalue weighted by molar-refractivity contribution is 7.89. The van der Waals surface area contributed by atoms with Crippen LogP contribution in [0.15, 0.2) is 53.4 Å². The van der Waals surface area contributed by atoms with Crippen LogP contribution in [0, 0.1) is 6.92 Å². The van der Waals surface area contributed by atoms with E-state index in [0.29, 0.717) is 10.4 Å². The number of nitrogens with one attached hydrogen (secondary N) is 1. The van der Waals surface area contributed by atoms with Gasteiger partial charge in [0.05, 0.1) is 15.8 Å². The molecule has 0 spiro atoms. The van der Waals surface area contributed by atoms with E-state index < -0.39 is 10.0 Å². The first-order valence-corrected chi connectivity index (χ1v) is 10.1. The maximum absolute atomic E-state index is 12.7. The van der Waals surface area contributed by atoms with Crippen molar-refractivity contribution in [3.63, 3.8) is 0 Å². The molecule has 0 aliphatic rings. The summed E-state index contributed by atoms with van der Waals surface area (Å²) < 4.78 is 24.0. The first-order valence-electron chi connectivity index (χ1n) is 7.69. The van der Waals surface area contributed by atoms with E-state index in [1.165, 1.54) is 23.5 Å². The summed E-state index contributed by atoms with van der Waals surface area (Å²) >= 11 is 1.45. The molecule has 7 heteroatoms. The quantitative estimate of drug-likeness (QED) is 0.734. The highest BCUT2D eigenvalue weighted by atomic mass is 32.2. The van der Waals surface area contributed by atoms with Crippen molar-refractivity contribution in [2.45, 2.75) is 24.8 Å². The molecule has 1 amide bonds. The molecule has 1 atom stereocenters. The van der Waals surface area contributed by atoms with Crippen LogP contribution in [0.2, 0.25) is 0 Å². The topological polar surface area (TPSA) is 89.3 Å². The number of nitrogens with two attached hydrogens (primary N) is 1. The summed E-state index contributed by atoms with van der Waals surface area (Å²) in [5.74, 6) is -0.174. The normalized spacial score (nSPS) is 12.9. The van der Waals surface area contributed by atoms with Gasteiger partial charge in [-0.05, 0) is 48.6 Å². The van der Waals surface area contributed by atoms with Crippen LogP contribution >= 0.6 is 11.3 Å². The molecule has 1 aromatic heterocycles. The average Bonchev–Trinajstić information content (AvgIpc) is 2.91. The van der Waals surface area contributed by atoms with Gasteiger partial charge in [-0.1, -0.05) is 30.3 Å². The largest absolute Gasteiger partial charge is 0.345 e. The summed E-state index contributed by atoms with van der Waals surface area (Å²) in [5, 5.41) is 9.17. The molecule has 0 unspecified atom stereocenters. The Morgan fingerprint density at radius 1 is 1.16 bits per heavy atom. The van der Waals surface area contributed by atoms with Crippen molar-refractivity contribution in [2.24, 2.45) is 5.14 Å². The summed E-state index contributed by atoms with van der Waals surface area (Å²) in [6, 6.07) is 13.8. The van der Waals surface area contributed by atoms with Crippen molar-refractivity contribution in [2.75, 3.05) is 0 Å². The zero-order valence-electron chi connectivity index (χ0n) is 13.8. The second kappa shape index (κ2) is 6.59. The van der Waals surface area contributed by atoms with Crippen LogP contribution in [0.1, 0.15) is 33.8 Å². The van der Waals surface area contributed by atoms with Crippen molar-refractivity contribution in [1.82, 2.24) is 5.32 Å². The lowest BCUT2D eigenvalue weighted by Crippen LogP contribution is -2.26. The Labute approximate surface area is 150 Å². The summed E-state index contributed by atoms with van der Waals surface area (Å²) in [7, 11) is -3.77. The molecule has 0 radical (unpaired) electrons. The van der Waals surface area contributed by atoms with Crippen LogP contribution in [0.4, 0.5) is 0 Å². The molecule has 2 aromatic carbocycles. The van der Waals surface area contributed by atoms with E-state index in [2.05, 4.69) is 5.32 Å². The Kier molecular flexibility index (Phi) is 4.64. The number of amides is 1. The minimum Gasteiger partial charge on any atom is -0.345 e.